The van der Waals surface area contributed by atoms with Crippen molar-refractivity contribution in [3.05, 3.63) is 18.2 Å². The van der Waals surface area contributed by atoms with Crippen LogP contribution in [0.4, 0.5) is 0 Å². The maximum atomic E-state index is 10.9. The van der Waals surface area contributed by atoms with Gasteiger partial charge >= 0.3 is 5.97 Å². The molecule has 0 atom stereocenters. The summed E-state index contributed by atoms with van der Waals surface area (Å²) in [6, 6.07) is 0. The lowest BCUT2D eigenvalue weighted by atomic mass is 10.1. The van der Waals surface area contributed by atoms with Gasteiger partial charge in [0.25, 0.3) is 5.82 Å². The molecule has 1 N–H and O–H groups in total. The van der Waals surface area contributed by atoms with Crippen LogP contribution in [-0.2, 0) is 24.3 Å². The van der Waals surface area contributed by atoms with E-state index in [0.717, 1.165) is 13.0 Å². The minimum absolute atomic E-state index is 0.202. The third-order valence-corrected chi connectivity index (χ3v) is 5.16. The van der Waals surface area contributed by atoms with Crippen LogP contribution in [0.5, 0.6) is 0 Å². The molecular formula is C22H41N2O2+. The summed E-state index contributed by atoms with van der Waals surface area (Å²) in [5.74, 6) is 0.586. The first-order chi connectivity index (χ1) is 12.7. The minimum Gasteiger partial charge on any atom is -0.481 e. The van der Waals surface area contributed by atoms with E-state index in [-0.39, 0.29) is 6.42 Å². The van der Waals surface area contributed by atoms with Crippen molar-refractivity contribution in [2.24, 2.45) is 0 Å². The van der Waals surface area contributed by atoms with Gasteiger partial charge in [0.2, 0.25) is 0 Å². The average Bonchev–Trinajstić information content (AvgIpc) is 3.01. The molecule has 0 radical (unpaired) electrons. The van der Waals surface area contributed by atoms with Gasteiger partial charge in [0.15, 0.2) is 0 Å². The highest BCUT2D eigenvalue weighted by Crippen LogP contribution is 2.12. The quantitative estimate of drug-likeness (QED) is 0.292. The second kappa shape index (κ2) is 14.8. The van der Waals surface area contributed by atoms with Crippen molar-refractivity contribution in [3.63, 3.8) is 0 Å². The van der Waals surface area contributed by atoms with Crippen molar-refractivity contribution < 1.29 is 14.5 Å². The number of rotatable bonds is 17. The van der Waals surface area contributed by atoms with Crippen molar-refractivity contribution >= 4 is 5.97 Å². The number of aromatic nitrogens is 2. The topological polar surface area (TPSA) is 46.1 Å². The van der Waals surface area contributed by atoms with E-state index >= 15 is 0 Å². The highest BCUT2D eigenvalue weighted by molar-refractivity contribution is 5.66. The van der Waals surface area contributed by atoms with Crippen LogP contribution in [-0.4, -0.2) is 15.6 Å². The predicted octanol–water partition coefficient (Wildman–Crippen LogP) is 5.51. The lowest BCUT2D eigenvalue weighted by Gasteiger charge is -2.05. The van der Waals surface area contributed by atoms with E-state index in [1.165, 1.54) is 82.9 Å². The fourth-order valence-corrected chi connectivity index (χ4v) is 3.51. The molecule has 1 heterocycles. The monoisotopic (exact) mass is 365 g/mol. The third kappa shape index (κ3) is 9.98. The largest absolute Gasteiger partial charge is 0.481 e. The van der Waals surface area contributed by atoms with Crippen molar-refractivity contribution in [2.75, 3.05) is 0 Å². The molecule has 0 aliphatic heterocycles. The SMILES string of the molecule is CCCCCCCCCCCCc1n(CCC(=O)O)cc[n+]1CCCC. The maximum absolute atomic E-state index is 10.9. The van der Waals surface area contributed by atoms with Crippen molar-refractivity contribution in [3.8, 4) is 0 Å². The Morgan fingerprint density at radius 2 is 1.50 bits per heavy atom. The van der Waals surface area contributed by atoms with Crippen molar-refractivity contribution in [2.45, 2.75) is 117 Å². The Balaban J connectivity index is 2.30. The molecule has 0 fully saturated rings. The zero-order valence-electron chi connectivity index (χ0n) is 17.2. The molecule has 0 aliphatic carbocycles. The molecule has 4 nitrogen and oxygen atoms in total. The van der Waals surface area contributed by atoms with Crippen LogP contribution in [0.15, 0.2) is 12.4 Å². The fraction of sp³-hybridized carbons (Fsp3) is 0.818. The van der Waals surface area contributed by atoms with Crippen LogP contribution < -0.4 is 4.57 Å². The number of hydrogen-bond donors (Lipinski definition) is 1. The molecule has 0 aliphatic rings. The van der Waals surface area contributed by atoms with E-state index in [2.05, 4.69) is 35.4 Å². The second-order valence-corrected chi connectivity index (χ2v) is 7.53. The lowest BCUT2D eigenvalue weighted by molar-refractivity contribution is -0.704. The Hall–Kier alpha value is -1.32. The van der Waals surface area contributed by atoms with Gasteiger partial charge < -0.3 is 5.11 Å². The van der Waals surface area contributed by atoms with E-state index in [9.17, 15) is 4.79 Å². The first kappa shape index (κ1) is 22.7. The summed E-state index contributed by atoms with van der Waals surface area (Å²) in [5, 5.41) is 8.96. The zero-order chi connectivity index (χ0) is 19.0. The van der Waals surface area contributed by atoms with Gasteiger partial charge in [-0.3, -0.25) is 4.79 Å². The molecule has 4 heteroatoms. The van der Waals surface area contributed by atoms with Crippen LogP contribution in [0.25, 0.3) is 0 Å². The maximum Gasteiger partial charge on any atom is 0.307 e. The van der Waals surface area contributed by atoms with E-state index in [1.54, 1.807) is 0 Å². The summed E-state index contributed by atoms with van der Waals surface area (Å²) < 4.78 is 4.48. The van der Waals surface area contributed by atoms with Crippen LogP contribution in [0.3, 0.4) is 0 Å². The number of carboxylic acid groups (broad SMARTS) is 1. The molecule has 0 spiro atoms. The Bertz CT molecular complexity index is 482. The van der Waals surface area contributed by atoms with Crippen LogP contribution in [0.2, 0.25) is 0 Å². The van der Waals surface area contributed by atoms with Crippen LogP contribution >= 0.6 is 0 Å². The fourth-order valence-electron chi connectivity index (χ4n) is 3.51. The number of unbranched alkanes of at least 4 members (excludes halogenated alkanes) is 10. The summed E-state index contributed by atoms with van der Waals surface area (Å²) in [6.07, 6.45) is 21.3. The summed E-state index contributed by atoms with van der Waals surface area (Å²) in [7, 11) is 0. The molecule has 26 heavy (non-hydrogen) atoms. The molecular weight excluding hydrogens is 324 g/mol. The second-order valence-electron chi connectivity index (χ2n) is 7.53. The Kier molecular flexibility index (Phi) is 12.9. The number of carboxylic acids is 1. The highest BCUT2D eigenvalue weighted by atomic mass is 16.4. The van der Waals surface area contributed by atoms with Crippen molar-refractivity contribution in [1.82, 2.24) is 4.57 Å². The van der Waals surface area contributed by atoms with Crippen LogP contribution in [0, 0.1) is 0 Å². The van der Waals surface area contributed by atoms with Crippen molar-refractivity contribution in [1.29, 1.82) is 0 Å². The Morgan fingerprint density at radius 1 is 0.923 bits per heavy atom. The molecule has 0 saturated carbocycles. The van der Waals surface area contributed by atoms with E-state index < -0.39 is 5.97 Å². The highest BCUT2D eigenvalue weighted by Gasteiger charge is 2.17. The number of imidazole rings is 1. The number of carbonyl (C=O) groups is 1. The summed E-state index contributed by atoms with van der Waals surface area (Å²) in [4.78, 5) is 10.9. The van der Waals surface area contributed by atoms with E-state index in [4.69, 9.17) is 5.11 Å². The normalized spacial score (nSPS) is 11.2. The lowest BCUT2D eigenvalue weighted by Crippen LogP contribution is -2.37. The van der Waals surface area contributed by atoms with Gasteiger partial charge in [-0.2, -0.15) is 0 Å². The number of nitrogens with zero attached hydrogens (tertiary/aromatic N) is 2. The number of aliphatic carboxylic acids is 1. The molecule has 0 bridgehead atoms. The van der Waals surface area contributed by atoms with E-state index in [1.807, 2.05) is 0 Å². The molecule has 0 amide bonds. The van der Waals surface area contributed by atoms with Gasteiger partial charge in [0, 0.05) is 6.42 Å². The first-order valence-electron chi connectivity index (χ1n) is 11.0. The minimum atomic E-state index is -0.719. The molecule has 0 saturated heterocycles. The molecule has 1 aromatic rings. The molecule has 1 rings (SSSR count). The summed E-state index contributed by atoms with van der Waals surface area (Å²) in [6.45, 7) is 6.11. The van der Waals surface area contributed by atoms with Gasteiger partial charge in [-0.05, 0) is 12.8 Å². The smallest absolute Gasteiger partial charge is 0.307 e. The molecule has 150 valence electrons. The number of hydrogen-bond acceptors (Lipinski definition) is 1. The van der Waals surface area contributed by atoms with Gasteiger partial charge in [0.1, 0.15) is 18.9 Å². The first-order valence-corrected chi connectivity index (χ1v) is 11.0. The average molecular weight is 366 g/mol. The standard InChI is InChI=1S/C22H40N2O2/c1-3-5-7-8-9-10-11-12-13-14-15-21-23(17-6-4-2)19-20-24(21)18-16-22(25)26/h19-20H,3-18H2,1-2H3/p+1. The van der Waals surface area contributed by atoms with Crippen LogP contribution in [0.1, 0.15) is 103 Å². The summed E-state index contributed by atoms with van der Waals surface area (Å²) in [5.41, 5.74) is 0. The van der Waals surface area contributed by atoms with Gasteiger partial charge in [-0.1, -0.05) is 78.1 Å². The Labute approximate surface area is 160 Å². The van der Waals surface area contributed by atoms with Gasteiger partial charge in [-0.15, -0.1) is 0 Å². The molecule has 0 unspecified atom stereocenters. The summed E-state index contributed by atoms with van der Waals surface area (Å²) >= 11 is 0. The van der Waals surface area contributed by atoms with Gasteiger partial charge in [-0.25, -0.2) is 9.13 Å². The molecule has 0 aromatic carbocycles. The zero-order valence-corrected chi connectivity index (χ0v) is 17.2. The third-order valence-electron chi connectivity index (χ3n) is 5.16. The van der Waals surface area contributed by atoms with Gasteiger partial charge in [0.05, 0.1) is 13.0 Å². The Morgan fingerprint density at radius 3 is 2.08 bits per heavy atom. The molecule has 1 aromatic heterocycles. The predicted molar refractivity (Wildman–Crippen MR) is 107 cm³/mol. The number of aryl methyl sites for hydroxylation is 2. The van der Waals surface area contributed by atoms with E-state index in [0.29, 0.717) is 6.54 Å².